The van der Waals surface area contributed by atoms with E-state index >= 15 is 0 Å². The minimum absolute atomic E-state index is 0.0442. The highest BCUT2D eigenvalue weighted by molar-refractivity contribution is 5.80. The van der Waals surface area contributed by atoms with Gasteiger partial charge in [0.05, 0.1) is 18.0 Å². The average Bonchev–Trinajstić information content (AvgIpc) is 2.55. The number of alkyl halides is 3. The summed E-state index contributed by atoms with van der Waals surface area (Å²) in [5, 5.41) is 0. The van der Waals surface area contributed by atoms with Crippen LogP contribution in [0.5, 0.6) is 0 Å². The van der Waals surface area contributed by atoms with Crippen LogP contribution in [0, 0.1) is 5.82 Å². The van der Waals surface area contributed by atoms with E-state index < -0.39 is 11.7 Å². The van der Waals surface area contributed by atoms with Crippen LogP contribution in [0.15, 0.2) is 42.5 Å². The van der Waals surface area contributed by atoms with E-state index in [2.05, 4.69) is 0 Å². The lowest BCUT2D eigenvalue weighted by Crippen LogP contribution is -2.40. The highest BCUT2D eigenvalue weighted by Crippen LogP contribution is 2.34. The molecule has 2 aromatic rings. The monoisotopic (exact) mass is 351 g/mol. The third-order valence-corrected chi connectivity index (χ3v) is 4.63. The first kappa shape index (κ1) is 17.5. The number of halogens is 4. The predicted molar refractivity (Wildman–Crippen MR) is 85.4 cm³/mol. The summed E-state index contributed by atoms with van der Waals surface area (Å²) in [6, 6.07) is 9.19. The third-order valence-electron chi connectivity index (χ3n) is 4.63. The third kappa shape index (κ3) is 3.52. The van der Waals surface area contributed by atoms with E-state index in [1.807, 2.05) is 0 Å². The standard InChI is InChI=1S/C19H17F4NO/c1-12-16-11-15(20)7-6-13(16)8-9-24(12)18(25)10-14-4-2-3-5-17(14)19(21,22)23/h2-7,11-12H,8-10H2,1H3. The molecule has 0 saturated carbocycles. The molecule has 0 fully saturated rings. The van der Waals surface area contributed by atoms with Gasteiger partial charge in [0.25, 0.3) is 0 Å². The summed E-state index contributed by atoms with van der Waals surface area (Å²) in [6.07, 6.45) is -4.27. The maximum atomic E-state index is 13.5. The molecule has 1 unspecified atom stereocenters. The van der Waals surface area contributed by atoms with Gasteiger partial charge in [-0.2, -0.15) is 13.2 Å². The lowest BCUT2D eigenvalue weighted by atomic mass is 9.92. The van der Waals surface area contributed by atoms with Gasteiger partial charge in [0.15, 0.2) is 0 Å². The second-order valence-corrected chi connectivity index (χ2v) is 6.19. The van der Waals surface area contributed by atoms with Crippen LogP contribution in [0.4, 0.5) is 17.6 Å². The zero-order chi connectivity index (χ0) is 18.2. The van der Waals surface area contributed by atoms with Gasteiger partial charge in [0, 0.05) is 6.54 Å². The van der Waals surface area contributed by atoms with E-state index in [9.17, 15) is 22.4 Å². The average molecular weight is 351 g/mol. The van der Waals surface area contributed by atoms with Crippen molar-refractivity contribution in [3.05, 3.63) is 70.5 Å². The first-order chi connectivity index (χ1) is 11.8. The molecule has 2 aromatic carbocycles. The minimum Gasteiger partial charge on any atom is -0.335 e. The SMILES string of the molecule is CC1c2cc(F)ccc2CCN1C(=O)Cc1ccccc1C(F)(F)F. The molecule has 1 heterocycles. The lowest BCUT2D eigenvalue weighted by molar-refractivity contribution is -0.139. The molecule has 25 heavy (non-hydrogen) atoms. The maximum Gasteiger partial charge on any atom is 0.416 e. The molecular weight excluding hydrogens is 334 g/mol. The van der Waals surface area contributed by atoms with Crippen LogP contribution in [-0.4, -0.2) is 17.4 Å². The van der Waals surface area contributed by atoms with Gasteiger partial charge in [-0.25, -0.2) is 4.39 Å². The number of nitrogens with zero attached hydrogens (tertiary/aromatic N) is 1. The van der Waals surface area contributed by atoms with Crippen LogP contribution in [0.25, 0.3) is 0 Å². The summed E-state index contributed by atoms with van der Waals surface area (Å²) in [4.78, 5) is 14.1. The van der Waals surface area contributed by atoms with Crippen LogP contribution in [-0.2, 0) is 23.8 Å². The summed E-state index contributed by atoms with van der Waals surface area (Å²) < 4.78 is 52.8. The van der Waals surface area contributed by atoms with Crippen molar-refractivity contribution in [2.45, 2.75) is 32.0 Å². The Morgan fingerprint density at radius 3 is 2.64 bits per heavy atom. The van der Waals surface area contributed by atoms with E-state index in [1.165, 1.54) is 35.2 Å². The largest absolute Gasteiger partial charge is 0.416 e. The Morgan fingerprint density at radius 2 is 1.92 bits per heavy atom. The van der Waals surface area contributed by atoms with Gasteiger partial charge in [-0.3, -0.25) is 4.79 Å². The molecule has 0 aliphatic carbocycles. The lowest BCUT2D eigenvalue weighted by Gasteiger charge is -2.35. The van der Waals surface area contributed by atoms with Crippen molar-refractivity contribution in [1.82, 2.24) is 4.90 Å². The van der Waals surface area contributed by atoms with Crippen molar-refractivity contribution in [3.63, 3.8) is 0 Å². The summed E-state index contributed by atoms with van der Waals surface area (Å²) in [5.74, 6) is -0.776. The van der Waals surface area contributed by atoms with E-state index in [-0.39, 0.29) is 29.8 Å². The Bertz CT molecular complexity index is 800. The fraction of sp³-hybridized carbons (Fsp3) is 0.316. The fourth-order valence-electron chi connectivity index (χ4n) is 3.34. The van der Waals surface area contributed by atoms with Crippen molar-refractivity contribution in [2.75, 3.05) is 6.54 Å². The topological polar surface area (TPSA) is 20.3 Å². The van der Waals surface area contributed by atoms with Gasteiger partial charge in [-0.1, -0.05) is 24.3 Å². The second kappa shape index (κ2) is 6.50. The molecule has 1 atom stereocenters. The highest BCUT2D eigenvalue weighted by atomic mass is 19.4. The Kier molecular flexibility index (Phi) is 4.54. The van der Waals surface area contributed by atoms with Crippen LogP contribution in [0.3, 0.4) is 0 Å². The quantitative estimate of drug-likeness (QED) is 0.728. The Balaban J connectivity index is 1.84. The Hall–Kier alpha value is -2.37. The second-order valence-electron chi connectivity index (χ2n) is 6.19. The van der Waals surface area contributed by atoms with E-state index in [4.69, 9.17) is 0 Å². The molecule has 0 radical (unpaired) electrons. The summed E-state index contributed by atoms with van der Waals surface area (Å²) in [6.45, 7) is 2.18. The van der Waals surface area contributed by atoms with Gasteiger partial charge in [0.2, 0.25) is 5.91 Å². The predicted octanol–water partition coefficient (Wildman–Crippen LogP) is 4.53. The van der Waals surface area contributed by atoms with E-state index in [0.717, 1.165) is 11.6 Å². The summed E-state index contributed by atoms with van der Waals surface area (Å²) in [5.41, 5.74) is 0.842. The van der Waals surface area contributed by atoms with Crippen LogP contribution in [0.1, 0.15) is 35.2 Å². The zero-order valence-electron chi connectivity index (χ0n) is 13.6. The Morgan fingerprint density at radius 1 is 1.20 bits per heavy atom. The number of benzene rings is 2. The van der Waals surface area contributed by atoms with Crippen molar-refractivity contribution >= 4 is 5.91 Å². The highest BCUT2D eigenvalue weighted by Gasteiger charge is 2.34. The van der Waals surface area contributed by atoms with Gasteiger partial charge < -0.3 is 4.90 Å². The van der Waals surface area contributed by atoms with Gasteiger partial charge in [-0.15, -0.1) is 0 Å². The molecule has 2 nitrogen and oxygen atoms in total. The van der Waals surface area contributed by atoms with Gasteiger partial charge >= 0.3 is 6.18 Å². The molecule has 3 rings (SSSR count). The summed E-state index contributed by atoms with van der Waals surface area (Å²) >= 11 is 0. The zero-order valence-corrected chi connectivity index (χ0v) is 13.6. The van der Waals surface area contributed by atoms with Crippen molar-refractivity contribution < 1.29 is 22.4 Å². The molecular formula is C19H17F4NO. The van der Waals surface area contributed by atoms with E-state index in [0.29, 0.717) is 18.5 Å². The molecule has 1 aliphatic rings. The van der Waals surface area contributed by atoms with Crippen molar-refractivity contribution in [1.29, 1.82) is 0 Å². The van der Waals surface area contributed by atoms with Crippen LogP contribution < -0.4 is 0 Å². The number of fused-ring (bicyclic) bond motifs is 1. The van der Waals surface area contributed by atoms with E-state index in [1.54, 1.807) is 13.0 Å². The molecule has 0 bridgehead atoms. The molecule has 0 aromatic heterocycles. The molecule has 132 valence electrons. The fourth-order valence-corrected chi connectivity index (χ4v) is 3.34. The van der Waals surface area contributed by atoms with Gasteiger partial charge in [-0.05, 0) is 48.2 Å². The van der Waals surface area contributed by atoms with Crippen LogP contribution >= 0.6 is 0 Å². The number of hydrogen-bond donors (Lipinski definition) is 0. The molecule has 0 spiro atoms. The van der Waals surface area contributed by atoms with Crippen molar-refractivity contribution in [3.8, 4) is 0 Å². The molecule has 0 saturated heterocycles. The first-order valence-electron chi connectivity index (χ1n) is 8.00. The van der Waals surface area contributed by atoms with Gasteiger partial charge in [0.1, 0.15) is 5.82 Å². The van der Waals surface area contributed by atoms with Crippen molar-refractivity contribution in [2.24, 2.45) is 0 Å². The number of rotatable bonds is 2. The normalized spacial score (nSPS) is 17.3. The maximum absolute atomic E-state index is 13.5. The number of carbonyl (C=O) groups excluding carboxylic acids is 1. The Labute approximate surface area is 143 Å². The number of amides is 1. The molecule has 6 heteroatoms. The van der Waals surface area contributed by atoms with Crippen LogP contribution in [0.2, 0.25) is 0 Å². The number of carbonyl (C=O) groups is 1. The summed E-state index contributed by atoms with van der Waals surface area (Å²) in [7, 11) is 0. The first-order valence-corrected chi connectivity index (χ1v) is 8.00. The minimum atomic E-state index is -4.50. The molecule has 0 N–H and O–H groups in total. The molecule has 1 amide bonds. The smallest absolute Gasteiger partial charge is 0.335 e. The number of hydrogen-bond acceptors (Lipinski definition) is 1. The molecule has 1 aliphatic heterocycles.